The first-order chi connectivity index (χ1) is 14.3. The number of primary amides is 1. The normalized spacial score (nSPS) is 13.7. The van der Waals surface area contributed by atoms with Gasteiger partial charge in [0.25, 0.3) is 11.8 Å². The molecule has 162 valence electrons. The number of rotatable bonds is 5. The standard InChI is InChI=1S/C13H15ClFNO.C7H10N4O2/c14-11-8-10(15)6-7-12(11)16-13(17)9-4-2-1-3-5-9;1-2-9-7(13)5-4(6(8)12)10-3-11-5/h6-9H,1-5H2,(H,16,17);3H,2H2,1H3,(H2,8,12)(H,9,13)(H,10,11). The van der Waals surface area contributed by atoms with Crippen LogP contribution >= 0.6 is 11.6 Å². The van der Waals surface area contributed by atoms with Gasteiger partial charge < -0.3 is 21.4 Å². The number of anilines is 1. The van der Waals surface area contributed by atoms with Gasteiger partial charge in [-0.05, 0) is 38.0 Å². The molecule has 0 radical (unpaired) electrons. The Morgan fingerprint density at radius 1 is 1.27 bits per heavy atom. The molecule has 10 heteroatoms. The number of aromatic nitrogens is 2. The van der Waals surface area contributed by atoms with Crippen molar-refractivity contribution in [1.82, 2.24) is 15.3 Å². The number of nitrogens with two attached hydrogens (primary N) is 1. The highest BCUT2D eigenvalue weighted by Gasteiger charge is 2.21. The van der Waals surface area contributed by atoms with E-state index < -0.39 is 11.7 Å². The van der Waals surface area contributed by atoms with Gasteiger partial charge in [-0.1, -0.05) is 30.9 Å². The van der Waals surface area contributed by atoms with Crippen LogP contribution < -0.4 is 16.4 Å². The van der Waals surface area contributed by atoms with Gasteiger partial charge in [-0.15, -0.1) is 0 Å². The highest BCUT2D eigenvalue weighted by Crippen LogP contribution is 2.27. The third-order valence-electron chi connectivity index (χ3n) is 4.60. The topological polar surface area (TPSA) is 130 Å². The Labute approximate surface area is 178 Å². The average molecular weight is 438 g/mol. The van der Waals surface area contributed by atoms with Gasteiger partial charge in [-0.2, -0.15) is 0 Å². The fourth-order valence-corrected chi connectivity index (χ4v) is 3.31. The second kappa shape index (κ2) is 11.3. The van der Waals surface area contributed by atoms with Gasteiger partial charge in [0.2, 0.25) is 5.91 Å². The third kappa shape index (κ3) is 6.55. The molecule has 1 fully saturated rings. The molecule has 1 heterocycles. The molecule has 3 rings (SSSR count). The fraction of sp³-hybridized carbons (Fsp3) is 0.400. The summed E-state index contributed by atoms with van der Waals surface area (Å²) >= 11 is 5.86. The molecule has 8 nitrogen and oxygen atoms in total. The quantitative estimate of drug-likeness (QED) is 0.571. The van der Waals surface area contributed by atoms with Crippen molar-refractivity contribution in [2.45, 2.75) is 39.0 Å². The van der Waals surface area contributed by atoms with E-state index in [0.29, 0.717) is 12.2 Å². The van der Waals surface area contributed by atoms with Gasteiger partial charge in [-0.25, -0.2) is 9.37 Å². The molecule has 1 aliphatic rings. The Kier molecular flexibility index (Phi) is 8.79. The highest BCUT2D eigenvalue weighted by molar-refractivity contribution is 6.33. The zero-order valence-electron chi connectivity index (χ0n) is 16.6. The molecule has 0 spiro atoms. The Morgan fingerprint density at radius 3 is 2.57 bits per heavy atom. The molecule has 2 aromatic rings. The molecule has 5 N–H and O–H groups in total. The van der Waals surface area contributed by atoms with Gasteiger partial charge in [0.05, 0.1) is 17.0 Å². The van der Waals surface area contributed by atoms with Crippen molar-refractivity contribution in [3.05, 3.63) is 46.8 Å². The van der Waals surface area contributed by atoms with Crippen LogP contribution in [-0.4, -0.2) is 34.2 Å². The van der Waals surface area contributed by atoms with Crippen LogP contribution in [-0.2, 0) is 4.79 Å². The van der Waals surface area contributed by atoms with Crippen molar-refractivity contribution >= 4 is 35.0 Å². The first-order valence-electron chi connectivity index (χ1n) is 9.70. The predicted octanol–water partition coefficient (Wildman–Crippen LogP) is 3.26. The van der Waals surface area contributed by atoms with Crippen LogP contribution in [0.5, 0.6) is 0 Å². The van der Waals surface area contributed by atoms with E-state index in [2.05, 4.69) is 20.6 Å². The lowest BCUT2D eigenvalue weighted by Gasteiger charge is -2.21. The third-order valence-corrected chi connectivity index (χ3v) is 4.91. The zero-order valence-corrected chi connectivity index (χ0v) is 17.4. The number of imidazole rings is 1. The lowest BCUT2D eigenvalue weighted by Crippen LogP contribution is -2.26. The molecule has 0 atom stereocenters. The second-order valence-corrected chi connectivity index (χ2v) is 7.21. The summed E-state index contributed by atoms with van der Waals surface area (Å²) in [5.41, 5.74) is 5.55. The van der Waals surface area contributed by atoms with Crippen LogP contribution in [0.4, 0.5) is 10.1 Å². The number of H-pyrrole nitrogens is 1. The molecular weight excluding hydrogens is 413 g/mol. The SMILES string of the molecule is CCNC(=O)c1[nH]cnc1C(N)=O.O=C(Nc1ccc(F)cc1Cl)C1CCCCC1. The van der Waals surface area contributed by atoms with E-state index in [4.69, 9.17) is 17.3 Å². The largest absolute Gasteiger partial charge is 0.364 e. The number of aromatic amines is 1. The smallest absolute Gasteiger partial charge is 0.270 e. The maximum absolute atomic E-state index is 12.8. The molecule has 0 saturated heterocycles. The summed E-state index contributed by atoms with van der Waals surface area (Å²) in [6.07, 6.45) is 6.55. The number of nitrogens with one attached hydrogen (secondary N) is 3. The summed E-state index contributed by atoms with van der Waals surface area (Å²) in [7, 11) is 0. The predicted molar refractivity (Wildman–Crippen MR) is 112 cm³/mol. The zero-order chi connectivity index (χ0) is 22.1. The highest BCUT2D eigenvalue weighted by atomic mass is 35.5. The summed E-state index contributed by atoms with van der Waals surface area (Å²) in [5, 5.41) is 5.54. The lowest BCUT2D eigenvalue weighted by molar-refractivity contribution is -0.120. The summed E-state index contributed by atoms with van der Waals surface area (Å²) in [6.45, 7) is 2.26. The van der Waals surface area contributed by atoms with E-state index in [1.807, 2.05) is 0 Å². The Balaban J connectivity index is 0.000000222. The molecule has 1 aromatic heterocycles. The number of carbonyl (C=O) groups is 3. The van der Waals surface area contributed by atoms with E-state index in [9.17, 15) is 18.8 Å². The Morgan fingerprint density at radius 2 is 1.97 bits per heavy atom. The fourth-order valence-electron chi connectivity index (χ4n) is 3.09. The molecular formula is C20H25ClFN5O3. The van der Waals surface area contributed by atoms with E-state index >= 15 is 0 Å². The number of amides is 3. The maximum atomic E-state index is 12.8. The van der Waals surface area contributed by atoms with Gasteiger partial charge in [0, 0.05) is 12.5 Å². The second-order valence-electron chi connectivity index (χ2n) is 6.80. The Hall–Kier alpha value is -2.94. The van der Waals surface area contributed by atoms with Crippen molar-refractivity contribution in [3.8, 4) is 0 Å². The van der Waals surface area contributed by atoms with Crippen molar-refractivity contribution in [1.29, 1.82) is 0 Å². The number of halogens is 2. The lowest BCUT2D eigenvalue weighted by atomic mass is 9.88. The summed E-state index contributed by atoms with van der Waals surface area (Å²) < 4.78 is 12.8. The molecule has 1 saturated carbocycles. The van der Waals surface area contributed by atoms with Crippen LogP contribution in [0.25, 0.3) is 0 Å². The molecule has 30 heavy (non-hydrogen) atoms. The van der Waals surface area contributed by atoms with Crippen LogP contribution in [0.3, 0.4) is 0 Å². The van der Waals surface area contributed by atoms with E-state index in [1.54, 1.807) is 6.92 Å². The maximum Gasteiger partial charge on any atom is 0.270 e. The van der Waals surface area contributed by atoms with Crippen molar-refractivity contribution in [2.75, 3.05) is 11.9 Å². The molecule has 0 bridgehead atoms. The van der Waals surface area contributed by atoms with Gasteiger partial charge in [0.1, 0.15) is 11.5 Å². The minimum Gasteiger partial charge on any atom is -0.364 e. The monoisotopic (exact) mass is 437 g/mol. The van der Waals surface area contributed by atoms with Crippen molar-refractivity contribution in [2.24, 2.45) is 11.7 Å². The minimum absolute atomic E-state index is 0.00166. The van der Waals surface area contributed by atoms with Gasteiger partial charge in [-0.3, -0.25) is 14.4 Å². The van der Waals surface area contributed by atoms with E-state index in [1.165, 1.54) is 30.9 Å². The first-order valence-corrected chi connectivity index (χ1v) is 10.1. The van der Waals surface area contributed by atoms with Crippen LogP contribution in [0, 0.1) is 11.7 Å². The van der Waals surface area contributed by atoms with Crippen molar-refractivity contribution in [3.63, 3.8) is 0 Å². The average Bonchev–Trinajstić information content (AvgIpc) is 3.22. The van der Waals surface area contributed by atoms with Gasteiger partial charge >= 0.3 is 0 Å². The number of hydrogen-bond acceptors (Lipinski definition) is 4. The molecule has 3 amide bonds. The number of benzene rings is 1. The molecule has 1 aliphatic carbocycles. The Bertz CT molecular complexity index is 896. The van der Waals surface area contributed by atoms with Crippen molar-refractivity contribution < 1.29 is 18.8 Å². The molecule has 1 aromatic carbocycles. The number of carbonyl (C=O) groups excluding carboxylic acids is 3. The first kappa shape index (κ1) is 23.3. The minimum atomic E-state index is -0.720. The van der Waals surface area contributed by atoms with Crippen LogP contribution in [0.2, 0.25) is 5.02 Å². The van der Waals surface area contributed by atoms with E-state index in [0.717, 1.165) is 25.7 Å². The number of nitrogens with zero attached hydrogens (tertiary/aromatic N) is 1. The number of hydrogen-bond donors (Lipinski definition) is 4. The van der Waals surface area contributed by atoms with E-state index in [-0.39, 0.29) is 34.1 Å². The summed E-state index contributed by atoms with van der Waals surface area (Å²) in [4.78, 5) is 40.1. The summed E-state index contributed by atoms with van der Waals surface area (Å²) in [5.74, 6) is -1.43. The summed E-state index contributed by atoms with van der Waals surface area (Å²) in [6, 6.07) is 4.00. The van der Waals surface area contributed by atoms with Gasteiger partial charge in [0.15, 0.2) is 5.69 Å². The molecule has 0 aliphatic heterocycles. The van der Waals surface area contributed by atoms with Crippen LogP contribution in [0.15, 0.2) is 24.5 Å². The molecule has 0 unspecified atom stereocenters. The van der Waals surface area contributed by atoms with Crippen LogP contribution in [0.1, 0.15) is 60.0 Å².